The van der Waals surface area contributed by atoms with E-state index in [0.29, 0.717) is 24.9 Å². The minimum Gasteiger partial charge on any atom is -0.497 e. The van der Waals surface area contributed by atoms with E-state index in [4.69, 9.17) is 9.47 Å². The molecule has 2 aliphatic heterocycles. The number of nitrogens with zero attached hydrogens (tertiary/aromatic N) is 2. The van der Waals surface area contributed by atoms with Crippen LogP contribution in [0.4, 0.5) is 0 Å². The first kappa shape index (κ1) is 24.7. The number of nitrogens with one attached hydrogen (secondary N) is 1. The smallest absolute Gasteiger partial charge is 0.337 e. The van der Waals surface area contributed by atoms with Crippen molar-refractivity contribution in [2.45, 2.75) is 24.9 Å². The number of esters is 1. The molecule has 198 valence electrons. The zero-order chi connectivity index (χ0) is 27.1. The van der Waals surface area contributed by atoms with Crippen LogP contribution in [-0.4, -0.2) is 65.9 Å². The number of benzene rings is 3. The molecule has 6 rings (SSSR count). The summed E-state index contributed by atoms with van der Waals surface area (Å²) in [6.45, 7) is 0.484. The second-order valence-corrected chi connectivity index (χ2v) is 9.96. The first-order chi connectivity index (χ1) is 19.0. The summed E-state index contributed by atoms with van der Waals surface area (Å²) >= 11 is 0. The number of hydrogen-bond acceptors (Lipinski definition) is 5. The van der Waals surface area contributed by atoms with Crippen molar-refractivity contribution in [3.8, 4) is 5.75 Å². The van der Waals surface area contributed by atoms with Crippen molar-refractivity contribution < 1.29 is 23.9 Å². The molecule has 8 nitrogen and oxygen atoms in total. The molecule has 3 heterocycles. The van der Waals surface area contributed by atoms with Gasteiger partial charge in [-0.1, -0.05) is 42.5 Å². The number of amides is 2. The quantitative estimate of drug-likeness (QED) is 0.387. The number of para-hydroxylation sites is 1. The highest BCUT2D eigenvalue weighted by Gasteiger charge is 2.48. The highest BCUT2D eigenvalue weighted by atomic mass is 16.5. The lowest BCUT2D eigenvalue weighted by Crippen LogP contribution is -2.63. The number of rotatable bonds is 6. The van der Waals surface area contributed by atoms with Gasteiger partial charge < -0.3 is 24.3 Å². The first-order valence-electron chi connectivity index (χ1n) is 13.0. The van der Waals surface area contributed by atoms with Crippen LogP contribution in [-0.2, 0) is 27.2 Å². The third-order valence-electron chi connectivity index (χ3n) is 7.82. The fourth-order valence-electron chi connectivity index (χ4n) is 5.83. The van der Waals surface area contributed by atoms with Gasteiger partial charge in [0, 0.05) is 29.6 Å². The number of hydrogen-bond donors (Lipinski definition) is 1. The number of H-pyrrole nitrogens is 1. The molecule has 1 saturated heterocycles. The second kappa shape index (κ2) is 9.94. The number of carbonyl (C=O) groups excluding carboxylic acids is 3. The predicted molar refractivity (Wildman–Crippen MR) is 146 cm³/mol. The van der Waals surface area contributed by atoms with Gasteiger partial charge in [0.2, 0.25) is 11.8 Å². The molecule has 1 fully saturated rings. The highest BCUT2D eigenvalue weighted by Crippen LogP contribution is 2.42. The van der Waals surface area contributed by atoms with E-state index < -0.39 is 18.1 Å². The zero-order valence-corrected chi connectivity index (χ0v) is 21.8. The van der Waals surface area contributed by atoms with Gasteiger partial charge in [-0.05, 0) is 53.4 Å². The number of carbonyl (C=O) groups is 3. The molecule has 2 atom stereocenters. The number of aromatic nitrogens is 1. The van der Waals surface area contributed by atoms with Crippen molar-refractivity contribution in [1.82, 2.24) is 14.8 Å². The molecule has 1 aromatic heterocycles. The minimum atomic E-state index is -0.612. The molecular weight excluding hydrogens is 494 g/mol. The van der Waals surface area contributed by atoms with E-state index in [-0.39, 0.29) is 18.4 Å². The Labute approximate surface area is 226 Å². The Kier molecular flexibility index (Phi) is 6.30. The molecule has 0 radical (unpaired) electrons. The molecule has 4 aromatic rings. The Morgan fingerprint density at radius 1 is 0.974 bits per heavy atom. The number of piperazine rings is 1. The molecule has 0 aliphatic carbocycles. The van der Waals surface area contributed by atoms with E-state index in [9.17, 15) is 14.4 Å². The van der Waals surface area contributed by atoms with Crippen LogP contribution >= 0.6 is 0 Å². The third-order valence-corrected chi connectivity index (χ3v) is 7.82. The Morgan fingerprint density at radius 3 is 2.44 bits per heavy atom. The first-order valence-corrected chi connectivity index (χ1v) is 13.0. The van der Waals surface area contributed by atoms with Crippen LogP contribution in [0.5, 0.6) is 5.75 Å². The van der Waals surface area contributed by atoms with Crippen molar-refractivity contribution in [3.63, 3.8) is 0 Å². The van der Waals surface area contributed by atoms with E-state index in [2.05, 4.69) is 4.98 Å². The van der Waals surface area contributed by atoms with Crippen molar-refractivity contribution in [3.05, 3.63) is 101 Å². The second-order valence-electron chi connectivity index (χ2n) is 9.96. The Bertz CT molecular complexity index is 1560. The normalized spacial score (nSPS) is 18.6. The van der Waals surface area contributed by atoms with Crippen LogP contribution in [0, 0.1) is 0 Å². The van der Waals surface area contributed by atoms with Crippen LogP contribution < -0.4 is 4.74 Å². The summed E-state index contributed by atoms with van der Waals surface area (Å²) in [7, 11) is 2.97. The molecule has 1 unspecified atom stereocenters. The summed E-state index contributed by atoms with van der Waals surface area (Å²) in [5, 5.41) is 1.05. The molecule has 2 aliphatic rings. The Balaban J connectivity index is 1.35. The van der Waals surface area contributed by atoms with Gasteiger partial charge in [-0.25, -0.2) is 4.79 Å². The molecule has 8 heteroatoms. The molecule has 0 bridgehead atoms. The summed E-state index contributed by atoms with van der Waals surface area (Å²) in [4.78, 5) is 46.6. The van der Waals surface area contributed by atoms with Crippen LogP contribution in [0.25, 0.3) is 10.9 Å². The lowest BCUT2D eigenvalue weighted by atomic mass is 9.86. The van der Waals surface area contributed by atoms with Gasteiger partial charge in [0.25, 0.3) is 0 Å². The van der Waals surface area contributed by atoms with Crippen molar-refractivity contribution in [1.29, 1.82) is 0 Å². The Hall–Kier alpha value is -4.59. The summed E-state index contributed by atoms with van der Waals surface area (Å²) < 4.78 is 10.1. The lowest BCUT2D eigenvalue weighted by Gasteiger charge is -2.47. The predicted octanol–water partition coefficient (Wildman–Crippen LogP) is 3.89. The van der Waals surface area contributed by atoms with Gasteiger partial charge in [0.1, 0.15) is 11.8 Å². The number of aromatic amines is 1. The molecule has 0 spiro atoms. The van der Waals surface area contributed by atoms with Crippen molar-refractivity contribution in [2.75, 3.05) is 27.3 Å². The molecule has 1 N–H and O–H groups in total. The van der Waals surface area contributed by atoms with E-state index in [1.54, 1.807) is 29.0 Å². The maximum Gasteiger partial charge on any atom is 0.337 e. The zero-order valence-electron chi connectivity index (χ0n) is 21.8. The van der Waals surface area contributed by atoms with Gasteiger partial charge in [0.15, 0.2) is 0 Å². The largest absolute Gasteiger partial charge is 0.497 e. The lowest BCUT2D eigenvalue weighted by molar-refractivity contribution is -0.158. The van der Waals surface area contributed by atoms with Crippen LogP contribution in [0.2, 0.25) is 0 Å². The topological polar surface area (TPSA) is 91.9 Å². The molecule has 2 amide bonds. The van der Waals surface area contributed by atoms with E-state index in [1.165, 1.54) is 7.11 Å². The fraction of sp³-hybridized carbons (Fsp3) is 0.258. The molecule has 0 saturated carbocycles. The molecule has 39 heavy (non-hydrogen) atoms. The Morgan fingerprint density at radius 2 is 1.72 bits per heavy atom. The van der Waals surface area contributed by atoms with Gasteiger partial charge in [-0.2, -0.15) is 0 Å². The average molecular weight is 524 g/mol. The van der Waals surface area contributed by atoms with Gasteiger partial charge in [-0.3, -0.25) is 9.59 Å². The number of methoxy groups -OCH3 is 2. The van der Waals surface area contributed by atoms with Crippen LogP contribution in [0.15, 0.2) is 72.8 Å². The van der Waals surface area contributed by atoms with E-state index in [0.717, 1.165) is 39.0 Å². The summed E-state index contributed by atoms with van der Waals surface area (Å²) in [5.41, 5.74) is 5.25. The van der Waals surface area contributed by atoms with Gasteiger partial charge in [-0.15, -0.1) is 0 Å². The van der Waals surface area contributed by atoms with Crippen molar-refractivity contribution >= 4 is 28.7 Å². The van der Waals surface area contributed by atoms with Gasteiger partial charge in [0.05, 0.1) is 32.4 Å². The van der Waals surface area contributed by atoms with Crippen LogP contribution in [0.1, 0.15) is 38.8 Å². The molecular formula is C31H29N3O5. The highest BCUT2D eigenvalue weighted by molar-refractivity contribution is 5.97. The summed E-state index contributed by atoms with van der Waals surface area (Å²) in [6.07, 6.45) is 1.09. The SMILES string of the molecule is COC(=O)c1ccc(C2c3[nH]c4ccccc4c3C[C@H]3C(=O)N(CCc4ccc(OC)cc4)CC(=O)N23)cc1. The summed E-state index contributed by atoms with van der Waals surface area (Å²) in [6, 6.07) is 21.8. The maximum atomic E-state index is 13.9. The summed E-state index contributed by atoms with van der Waals surface area (Å²) in [5.74, 6) is 0.211. The molecule has 3 aromatic carbocycles. The minimum absolute atomic E-state index is 0.0256. The average Bonchev–Trinajstić information content (AvgIpc) is 3.35. The monoisotopic (exact) mass is 523 g/mol. The van der Waals surface area contributed by atoms with Crippen molar-refractivity contribution in [2.24, 2.45) is 0 Å². The van der Waals surface area contributed by atoms with E-state index in [1.807, 2.05) is 60.7 Å². The van der Waals surface area contributed by atoms with Crippen LogP contribution in [0.3, 0.4) is 0 Å². The standard InChI is InChI=1S/C31H29N3O5/c1-38-22-13-7-19(8-14-22)15-16-33-18-27(35)34-26(30(33)36)17-24-23-5-3-4-6-25(23)32-28(24)29(34)20-9-11-21(12-10-20)31(37)39-2/h3-14,26,29,32H,15-18H2,1-2H3/t26-,29?/m0/s1. The number of ether oxygens (including phenoxy) is 2. The fourth-order valence-corrected chi connectivity index (χ4v) is 5.83. The van der Waals surface area contributed by atoms with E-state index >= 15 is 0 Å². The number of fused-ring (bicyclic) bond motifs is 4. The maximum absolute atomic E-state index is 13.9. The third kappa shape index (κ3) is 4.31. The van der Waals surface area contributed by atoms with Gasteiger partial charge >= 0.3 is 5.97 Å².